The smallest absolute Gasteiger partial charge is 0.343 e. The van der Waals surface area contributed by atoms with Crippen LogP contribution in [0.4, 0.5) is 0 Å². The summed E-state index contributed by atoms with van der Waals surface area (Å²) >= 11 is 5.79. The minimum atomic E-state index is -1.27. The quantitative estimate of drug-likeness (QED) is 0.00899. The number of unbranched alkanes of at least 4 members (excludes halogenated alkanes) is 14. The molecule has 0 bridgehead atoms. The van der Waals surface area contributed by atoms with Crippen LogP contribution in [0.5, 0.6) is 46.0 Å². The van der Waals surface area contributed by atoms with Crippen molar-refractivity contribution in [3.63, 3.8) is 0 Å². The van der Waals surface area contributed by atoms with Crippen molar-refractivity contribution in [2.75, 3.05) is 13.2 Å². The lowest BCUT2D eigenvalue weighted by atomic mass is 10.1. The van der Waals surface area contributed by atoms with Gasteiger partial charge in [-0.2, -0.15) is 0 Å². The Morgan fingerprint density at radius 2 is 0.708 bits per heavy atom. The van der Waals surface area contributed by atoms with Crippen molar-refractivity contribution in [3.05, 3.63) is 215 Å². The molecular weight excluding hydrogens is 1150 g/mol. The molecule has 0 saturated carbocycles. The Kier molecular flexibility index (Phi) is 29.5. The highest BCUT2D eigenvalue weighted by molar-refractivity contribution is 6.17. The van der Waals surface area contributed by atoms with Crippen molar-refractivity contribution < 1.29 is 68.4 Å². The number of halogens is 1. The summed E-state index contributed by atoms with van der Waals surface area (Å²) in [4.78, 5) is 47.5. The van der Waals surface area contributed by atoms with Gasteiger partial charge in [0.05, 0.1) is 24.3 Å². The lowest BCUT2D eigenvalue weighted by molar-refractivity contribution is 0.0467. The number of phenols is 4. The average Bonchev–Trinajstić information content (AvgIpc) is 3.05. The minimum absolute atomic E-state index is 0.0723. The first kappa shape index (κ1) is 68.8. The van der Waals surface area contributed by atoms with E-state index in [2.05, 4.69) is 26.0 Å². The largest absolute Gasteiger partial charge is 0.508 e. The van der Waals surface area contributed by atoms with Gasteiger partial charge in [-0.3, -0.25) is 0 Å². The number of aromatic hydroxyl groups is 4. The molecule has 8 aromatic carbocycles. The van der Waals surface area contributed by atoms with Crippen molar-refractivity contribution in [3.8, 4) is 68.2 Å². The fourth-order valence-electron chi connectivity index (χ4n) is 9.18. The molecule has 0 aliphatic carbocycles. The number of alkyl halides is 1. The van der Waals surface area contributed by atoms with E-state index >= 15 is 0 Å². The summed E-state index contributed by atoms with van der Waals surface area (Å²) in [6.45, 7) is 5.92. The molecule has 0 aliphatic rings. The Balaban J connectivity index is 0.000000247. The standard InChI is InChI=1S/C37H40O7.C30H35ClO3.C7H6O4/c1-2-3-4-5-6-7-8-9-24-42-32-19-14-28(15-20-32)29-16-21-33(22-17-29)44-36(40)30-12-10-27(11-13-30)26-43-37(41)34-25-31(38)18-23-35(34)39;1-2-3-4-5-6-7-8-9-22-33-28-18-14-25(15-19-28)26-16-20-29(21-17-26)34-30(32)27-12-10-24(23-31)11-13-27;8-4-1-2-6(9)5(3-4)7(10)11/h10-23,25,38-39H,2-9,24,26H2,1H3;10-21H,2-9,22-23H2,1H3;1-3,8-9H,(H,10,11). The second-order valence-corrected chi connectivity index (χ2v) is 21.6. The number of esters is 3. The highest BCUT2D eigenvalue weighted by Crippen LogP contribution is 2.29. The Morgan fingerprint density at radius 1 is 0.371 bits per heavy atom. The van der Waals surface area contributed by atoms with E-state index in [4.69, 9.17) is 50.6 Å². The van der Waals surface area contributed by atoms with Crippen molar-refractivity contribution in [2.24, 2.45) is 0 Å². The maximum Gasteiger partial charge on any atom is 0.343 e. The highest BCUT2D eigenvalue weighted by Gasteiger charge is 2.16. The Bertz CT molecular complexity index is 3400. The average molecular weight is 1230 g/mol. The molecule has 0 radical (unpaired) electrons. The molecule has 0 atom stereocenters. The summed E-state index contributed by atoms with van der Waals surface area (Å²) in [7, 11) is 0. The number of carbonyl (C=O) groups excluding carboxylic acids is 3. The maximum atomic E-state index is 12.7. The lowest BCUT2D eigenvalue weighted by Crippen LogP contribution is -2.09. The number of benzene rings is 8. The molecule has 0 aromatic heterocycles. The first-order valence-corrected chi connectivity index (χ1v) is 31.1. The zero-order valence-electron chi connectivity index (χ0n) is 50.8. The SMILES string of the molecule is CCCCCCCCCCOc1ccc(-c2ccc(OC(=O)c3ccc(CCl)cc3)cc2)cc1.CCCCCCCCCCOc1ccc(-c2ccc(OC(=O)c3ccc(COC(=O)c4cc(O)ccc4O)cc3)cc2)cc1.O=C(O)c1cc(O)ccc1O. The predicted octanol–water partition coefficient (Wildman–Crippen LogP) is 18.5. The summed E-state index contributed by atoms with van der Waals surface area (Å²) in [6.07, 6.45) is 20.6. The molecule has 0 unspecified atom stereocenters. The Labute approximate surface area is 527 Å². The van der Waals surface area contributed by atoms with Crippen LogP contribution in [-0.2, 0) is 17.2 Å². The van der Waals surface area contributed by atoms with E-state index in [9.17, 15) is 29.4 Å². The highest BCUT2D eigenvalue weighted by atomic mass is 35.5. The Hall–Kier alpha value is -9.27. The first-order chi connectivity index (χ1) is 43.2. The molecule has 468 valence electrons. The van der Waals surface area contributed by atoms with Gasteiger partial charge in [-0.1, -0.05) is 177 Å². The number of phenolic OH excluding ortho intramolecular Hbond substituents is 3. The minimum Gasteiger partial charge on any atom is -0.508 e. The molecule has 0 spiro atoms. The van der Waals surface area contributed by atoms with Gasteiger partial charge in [-0.25, -0.2) is 19.2 Å². The van der Waals surface area contributed by atoms with Crippen LogP contribution in [0.3, 0.4) is 0 Å². The van der Waals surface area contributed by atoms with Gasteiger partial charge in [-0.15, -0.1) is 11.6 Å². The van der Waals surface area contributed by atoms with E-state index in [-0.39, 0.29) is 46.7 Å². The van der Waals surface area contributed by atoms with Crippen LogP contribution in [0.1, 0.15) is 169 Å². The molecular formula is C74H81ClO14. The van der Waals surface area contributed by atoms with Crippen molar-refractivity contribution in [2.45, 2.75) is 129 Å². The van der Waals surface area contributed by atoms with E-state index < -0.39 is 17.9 Å². The van der Waals surface area contributed by atoms with Gasteiger partial charge in [-0.05, 0) is 155 Å². The normalized spacial score (nSPS) is 10.6. The van der Waals surface area contributed by atoms with Gasteiger partial charge in [0.1, 0.15) is 63.7 Å². The third kappa shape index (κ3) is 24.4. The molecule has 0 saturated heterocycles. The number of hydrogen-bond donors (Lipinski definition) is 5. The zero-order valence-corrected chi connectivity index (χ0v) is 51.5. The van der Waals surface area contributed by atoms with E-state index in [1.165, 1.54) is 108 Å². The van der Waals surface area contributed by atoms with Crippen LogP contribution >= 0.6 is 11.6 Å². The number of ether oxygens (including phenoxy) is 5. The van der Waals surface area contributed by atoms with Crippen LogP contribution < -0.4 is 18.9 Å². The van der Waals surface area contributed by atoms with Crippen molar-refractivity contribution in [1.82, 2.24) is 0 Å². The van der Waals surface area contributed by atoms with Crippen LogP contribution in [0.2, 0.25) is 0 Å². The molecule has 89 heavy (non-hydrogen) atoms. The van der Waals surface area contributed by atoms with E-state index in [1.54, 1.807) is 48.5 Å². The monoisotopic (exact) mass is 1230 g/mol. The molecule has 5 N–H and O–H groups in total. The van der Waals surface area contributed by atoms with Crippen LogP contribution in [0.15, 0.2) is 182 Å². The molecule has 0 aliphatic heterocycles. The number of rotatable bonds is 31. The molecule has 8 aromatic rings. The summed E-state index contributed by atoms with van der Waals surface area (Å²) in [5, 5.41) is 45.5. The molecule has 0 heterocycles. The predicted molar refractivity (Wildman–Crippen MR) is 348 cm³/mol. The molecule has 0 amide bonds. The number of carboxylic acid groups (broad SMARTS) is 1. The van der Waals surface area contributed by atoms with Crippen LogP contribution in [0, 0.1) is 0 Å². The first-order valence-electron chi connectivity index (χ1n) is 30.5. The fraction of sp³-hybridized carbons (Fsp3) is 0.297. The molecule has 0 fully saturated rings. The van der Waals surface area contributed by atoms with Gasteiger partial charge in [0.25, 0.3) is 0 Å². The third-order valence-electron chi connectivity index (χ3n) is 14.4. The lowest BCUT2D eigenvalue weighted by Gasteiger charge is -2.09. The summed E-state index contributed by atoms with van der Waals surface area (Å²) < 4.78 is 28.0. The maximum absolute atomic E-state index is 12.7. The van der Waals surface area contributed by atoms with Gasteiger partial charge >= 0.3 is 23.9 Å². The van der Waals surface area contributed by atoms with Crippen molar-refractivity contribution in [1.29, 1.82) is 0 Å². The van der Waals surface area contributed by atoms with E-state index in [0.717, 1.165) is 83.6 Å². The summed E-state index contributed by atoms with van der Waals surface area (Å²) in [6, 6.07) is 51.5. The number of carboxylic acids is 1. The van der Waals surface area contributed by atoms with Crippen LogP contribution in [0.25, 0.3) is 22.3 Å². The fourth-order valence-corrected chi connectivity index (χ4v) is 9.36. The van der Waals surface area contributed by atoms with Gasteiger partial charge in [0, 0.05) is 5.88 Å². The Morgan fingerprint density at radius 3 is 1.07 bits per heavy atom. The van der Waals surface area contributed by atoms with Crippen molar-refractivity contribution >= 4 is 35.5 Å². The molecule has 14 nitrogen and oxygen atoms in total. The number of hydrogen-bond acceptors (Lipinski definition) is 13. The molecule has 8 rings (SSSR count). The third-order valence-corrected chi connectivity index (χ3v) is 14.7. The number of aromatic carboxylic acids is 1. The number of carbonyl (C=O) groups is 4. The molecule has 15 heteroatoms. The van der Waals surface area contributed by atoms with Gasteiger partial charge in [0.15, 0.2) is 0 Å². The summed E-state index contributed by atoms with van der Waals surface area (Å²) in [5.41, 5.74) is 6.20. The van der Waals surface area contributed by atoms with Crippen LogP contribution in [-0.4, -0.2) is 62.6 Å². The second kappa shape index (κ2) is 38.1. The zero-order chi connectivity index (χ0) is 63.6. The van der Waals surface area contributed by atoms with E-state index in [1.807, 2.05) is 84.9 Å². The van der Waals surface area contributed by atoms with Gasteiger partial charge in [0.2, 0.25) is 0 Å². The van der Waals surface area contributed by atoms with E-state index in [0.29, 0.717) is 34.1 Å². The second-order valence-electron chi connectivity index (χ2n) is 21.3. The topological polar surface area (TPSA) is 216 Å². The summed E-state index contributed by atoms with van der Waals surface area (Å²) in [5.74, 6) is -0.785. The van der Waals surface area contributed by atoms with Gasteiger partial charge < -0.3 is 49.2 Å².